The second-order valence-electron chi connectivity index (χ2n) is 2.68. The third-order valence-electron chi connectivity index (χ3n) is 1.36. The van der Waals surface area contributed by atoms with E-state index in [1.807, 2.05) is 0 Å². The van der Waals surface area contributed by atoms with Gasteiger partial charge in [-0.2, -0.15) is 0 Å². The Morgan fingerprint density at radius 3 is 2.27 bits per heavy atom. The predicted octanol–water partition coefficient (Wildman–Crippen LogP) is 0.848. The Bertz CT molecular complexity index is 172. The summed E-state index contributed by atoms with van der Waals surface area (Å²) in [6.45, 7) is 0.726. The Morgan fingerprint density at radius 1 is 1.18 bits per heavy atom. The molecule has 0 aliphatic heterocycles. The summed E-state index contributed by atoms with van der Waals surface area (Å²) in [5, 5.41) is 0. The first kappa shape index (κ1) is 10.9. The number of rotatable bonds is 6. The van der Waals surface area contributed by atoms with Gasteiger partial charge in [0.1, 0.15) is 9.84 Å². The minimum atomic E-state index is -2.75. The van der Waals surface area contributed by atoms with E-state index in [9.17, 15) is 8.42 Å². The van der Waals surface area contributed by atoms with Gasteiger partial charge in [-0.25, -0.2) is 8.42 Å². The summed E-state index contributed by atoms with van der Waals surface area (Å²) < 4.78 is 26.1. The van der Waals surface area contributed by atoms with Crippen molar-refractivity contribution in [1.82, 2.24) is 0 Å². The molecular formula is C7H16O3S. The molecule has 3 nitrogen and oxygen atoms in total. The van der Waals surface area contributed by atoms with Crippen molar-refractivity contribution in [3.05, 3.63) is 0 Å². The Balaban J connectivity index is 3.16. The highest BCUT2D eigenvalue weighted by Crippen LogP contribution is 1.98. The number of hydrogen-bond donors (Lipinski definition) is 0. The summed E-state index contributed by atoms with van der Waals surface area (Å²) in [4.78, 5) is 0. The lowest BCUT2D eigenvalue weighted by atomic mass is 10.3. The van der Waals surface area contributed by atoms with E-state index < -0.39 is 9.84 Å². The third kappa shape index (κ3) is 9.91. The van der Waals surface area contributed by atoms with Gasteiger partial charge in [0.15, 0.2) is 0 Å². The zero-order chi connectivity index (χ0) is 8.74. The van der Waals surface area contributed by atoms with Crippen LogP contribution in [0.25, 0.3) is 0 Å². The first-order valence-corrected chi connectivity index (χ1v) is 5.79. The Morgan fingerprint density at radius 2 is 1.82 bits per heavy atom. The molecule has 68 valence electrons. The molecule has 0 aliphatic rings. The van der Waals surface area contributed by atoms with Gasteiger partial charge in [-0.1, -0.05) is 6.42 Å². The molecule has 0 rings (SSSR count). The van der Waals surface area contributed by atoms with Crippen molar-refractivity contribution in [2.75, 3.05) is 25.7 Å². The molecule has 4 heteroatoms. The molecule has 0 amide bonds. The topological polar surface area (TPSA) is 43.4 Å². The largest absolute Gasteiger partial charge is 0.385 e. The molecule has 0 heterocycles. The summed E-state index contributed by atoms with van der Waals surface area (Å²) in [5.74, 6) is 0.302. The second-order valence-corrected chi connectivity index (χ2v) is 4.94. The van der Waals surface area contributed by atoms with Crippen LogP contribution >= 0.6 is 0 Å². The average Bonchev–Trinajstić information content (AvgIpc) is 1.85. The van der Waals surface area contributed by atoms with Crippen LogP contribution < -0.4 is 0 Å². The Kier molecular flexibility index (Phi) is 5.50. The number of ether oxygens (including phenoxy) is 1. The van der Waals surface area contributed by atoms with Crippen LogP contribution in [0.15, 0.2) is 0 Å². The van der Waals surface area contributed by atoms with Crippen LogP contribution in [0.2, 0.25) is 0 Å². The van der Waals surface area contributed by atoms with Gasteiger partial charge < -0.3 is 4.74 Å². The molecule has 0 bridgehead atoms. The van der Waals surface area contributed by atoms with E-state index >= 15 is 0 Å². The van der Waals surface area contributed by atoms with Crippen molar-refractivity contribution < 1.29 is 13.2 Å². The fourth-order valence-corrected chi connectivity index (χ4v) is 1.52. The molecule has 0 saturated heterocycles. The van der Waals surface area contributed by atoms with E-state index in [0.717, 1.165) is 25.9 Å². The number of hydrogen-bond acceptors (Lipinski definition) is 3. The molecule has 0 saturated carbocycles. The second kappa shape index (κ2) is 5.55. The van der Waals surface area contributed by atoms with Gasteiger partial charge >= 0.3 is 0 Å². The van der Waals surface area contributed by atoms with Crippen LogP contribution in [0, 0.1) is 0 Å². The summed E-state index contributed by atoms with van der Waals surface area (Å²) >= 11 is 0. The standard InChI is InChI=1S/C7H16O3S/c1-10-6-4-3-5-7-11(2,8)9/h3-7H2,1-2H3. The van der Waals surface area contributed by atoms with E-state index in [2.05, 4.69) is 0 Å². The quantitative estimate of drug-likeness (QED) is 0.569. The van der Waals surface area contributed by atoms with Gasteiger partial charge in [-0.05, 0) is 12.8 Å². The van der Waals surface area contributed by atoms with Crippen LogP contribution in [0.5, 0.6) is 0 Å². The number of methoxy groups -OCH3 is 1. The molecule has 0 aromatic carbocycles. The Labute approximate surface area is 68.7 Å². The van der Waals surface area contributed by atoms with Gasteiger partial charge in [-0.15, -0.1) is 0 Å². The van der Waals surface area contributed by atoms with Gasteiger partial charge in [0.25, 0.3) is 0 Å². The molecule has 0 aliphatic carbocycles. The lowest BCUT2D eigenvalue weighted by Gasteiger charge is -1.98. The first-order valence-electron chi connectivity index (χ1n) is 3.73. The SMILES string of the molecule is COCCCCCS(C)(=O)=O. The maximum absolute atomic E-state index is 10.6. The zero-order valence-electron chi connectivity index (χ0n) is 7.17. The van der Waals surface area contributed by atoms with Crippen molar-refractivity contribution in [2.24, 2.45) is 0 Å². The lowest BCUT2D eigenvalue weighted by Crippen LogP contribution is -2.02. The van der Waals surface area contributed by atoms with E-state index in [0.29, 0.717) is 5.75 Å². The maximum Gasteiger partial charge on any atom is 0.147 e. The van der Waals surface area contributed by atoms with Crippen LogP contribution in [0.3, 0.4) is 0 Å². The molecule has 0 aromatic heterocycles. The minimum absolute atomic E-state index is 0.302. The molecule has 0 spiro atoms. The average molecular weight is 180 g/mol. The van der Waals surface area contributed by atoms with Crippen molar-refractivity contribution in [3.8, 4) is 0 Å². The number of sulfone groups is 1. The molecular weight excluding hydrogens is 164 g/mol. The summed E-state index contributed by atoms with van der Waals surface area (Å²) in [6, 6.07) is 0. The smallest absolute Gasteiger partial charge is 0.147 e. The third-order valence-corrected chi connectivity index (χ3v) is 2.39. The normalized spacial score (nSPS) is 11.8. The monoisotopic (exact) mass is 180 g/mol. The molecule has 0 fully saturated rings. The van der Waals surface area contributed by atoms with Crippen LogP contribution in [0.4, 0.5) is 0 Å². The summed E-state index contributed by atoms with van der Waals surface area (Å²) in [7, 11) is -1.10. The summed E-state index contributed by atoms with van der Waals surface area (Å²) in [6.07, 6.45) is 3.90. The van der Waals surface area contributed by atoms with Crippen molar-refractivity contribution >= 4 is 9.84 Å². The molecule has 0 radical (unpaired) electrons. The van der Waals surface area contributed by atoms with Crippen LogP contribution in [-0.4, -0.2) is 34.1 Å². The molecule has 0 aromatic rings. The van der Waals surface area contributed by atoms with Crippen molar-refractivity contribution in [3.63, 3.8) is 0 Å². The highest BCUT2D eigenvalue weighted by Gasteiger charge is 2.00. The highest BCUT2D eigenvalue weighted by molar-refractivity contribution is 7.90. The van der Waals surface area contributed by atoms with Gasteiger partial charge in [0.2, 0.25) is 0 Å². The fourth-order valence-electron chi connectivity index (χ4n) is 0.787. The lowest BCUT2D eigenvalue weighted by molar-refractivity contribution is 0.192. The van der Waals surface area contributed by atoms with Gasteiger partial charge in [0.05, 0.1) is 0 Å². The minimum Gasteiger partial charge on any atom is -0.385 e. The van der Waals surface area contributed by atoms with E-state index in [1.165, 1.54) is 6.26 Å². The zero-order valence-corrected chi connectivity index (χ0v) is 7.99. The van der Waals surface area contributed by atoms with E-state index in [-0.39, 0.29) is 0 Å². The Hall–Kier alpha value is -0.0900. The summed E-state index contributed by atoms with van der Waals surface area (Å²) in [5.41, 5.74) is 0. The van der Waals surface area contributed by atoms with Crippen molar-refractivity contribution in [1.29, 1.82) is 0 Å². The highest BCUT2D eigenvalue weighted by atomic mass is 32.2. The maximum atomic E-state index is 10.6. The molecule has 0 N–H and O–H groups in total. The van der Waals surface area contributed by atoms with Crippen LogP contribution in [0.1, 0.15) is 19.3 Å². The van der Waals surface area contributed by atoms with E-state index in [1.54, 1.807) is 7.11 Å². The molecule has 11 heavy (non-hydrogen) atoms. The van der Waals surface area contributed by atoms with Gasteiger partial charge in [0, 0.05) is 25.7 Å². The first-order chi connectivity index (χ1) is 5.06. The fraction of sp³-hybridized carbons (Fsp3) is 1.00. The van der Waals surface area contributed by atoms with E-state index in [4.69, 9.17) is 4.74 Å². The van der Waals surface area contributed by atoms with Gasteiger partial charge in [-0.3, -0.25) is 0 Å². The molecule has 0 atom stereocenters. The van der Waals surface area contributed by atoms with Crippen LogP contribution in [-0.2, 0) is 14.6 Å². The predicted molar refractivity (Wildman–Crippen MR) is 45.4 cm³/mol. The molecule has 0 unspecified atom stereocenters. The van der Waals surface area contributed by atoms with Crippen molar-refractivity contribution in [2.45, 2.75) is 19.3 Å². The number of unbranched alkanes of at least 4 members (excludes halogenated alkanes) is 2.